The molecule has 1 heterocycles. The molecular weight excluding hydrogens is 263 g/mol. The van der Waals surface area contributed by atoms with Crippen LogP contribution in [0.5, 0.6) is 0 Å². The van der Waals surface area contributed by atoms with Crippen LogP contribution in [-0.2, 0) is 0 Å². The van der Waals surface area contributed by atoms with E-state index in [9.17, 15) is 4.39 Å². The molecule has 2 N–H and O–H groups in total. The molecule has 0 aliphatic rings. The minimum Gasteiger partial charge on any atom is -0.388 e. The fourth-order valence-electron chi connectivity index (χ4n) is 1.66. The lowest BCUT2D eigenvalue weighted by Crippen LogP contribution is -2.19. The fourth-order valence-corrected chi connectivity index (χ4v) is 1.77. The van der Waals surface area contributed by atoms with E-state index < -0.39 is 0 Å². The molecule has 0 aliphatic carbocycles. The van der Waals surface area contributed by atoms with E-state index >= 15 is 0 Å². The fraction of sp³-hybridized carbons (Fsp3) is 0.154. The second-order valence-corrected chi connectivity index (χ2v) is 4.51. The number of hydrogen-bond donors (Lipinski definition) is 1. The molecule has 2 aromatic rings. The van der Waals surface area contributed by atoms with Crippen molar-refractivity contribution in [3.8, 4) is 0 Å². The Labute approximate surface area is 116 Å². The zero-order valence-electron chi connectivity index (χ0n) is 10.6. The van der Waals surface area contributed by atoms with Crippen LogP contribution in [0, 0.1) is 12.7 Å². The lowest BCUT2D eigenvalue weighted by atomic mass is 10.3. The van der Waals surface area contributed by atoms with Crippen molar-refractivity contribution in [1.29, 1.82) is 0 Å². The number of aromatic nitrogens is 2. The Morgan fingerprint density at radius 3 is 2.63 bits per heavy atom. The highest BCUT2D eigenvalue weighted by Crippen LogP contribution is 2.23. The first-order chi connectivity index (χ1) is 8.99. The van der Waals surface area contributed by atoms with Crippen molar-refractivity contribution in [2.75, 3.05) is 11.9 Å². The lowest BCUT2D eigenvalue weighted by molar-refractivity contribution is 0.627. The van der Waals surface area contributed by atoms with Gasteiger partial charge in [0, 0.05) is 12.7 Å². The molecule has 0 fully saturated rings. The zero-order chi connectivity index (χ0) is 14.0. The van der Waals surface area contributed by atoms with E-state index in [0.29, 0.717) is 17.3 Å². The number of para-hydroxylation sites is 1. The Bertz CT molecular complexity index is 630. The summed E-state index contributed by atoms with van der Waals surface area (Å²) in [5, 5.41) is 0. The van der Waals surface area contributed by atoms with Crippen LogP contribution in [0.15, 0.2) is 30.3 Å². The van der Waals surface area contributed by atoms with Crippen LogP contribution in [-0.4, -0.2) is 22.0 Å². The van der Waals surface area contributed by atoms with Crippen molar-refractivity contribution in [2.24, 2.45) is 5.73 Å². The maximum Gasteiger partial charge on any atom is 0.230 e. The van der Waals surface area contributed by atoms with Gasteiger partial charge in [-0.3, -0.25) is 0 Å². The standard InChI is InChI=1S/C13H13FN4S/c1-8-7-10(12(15)19)17-13(16-8)18(2)11-6-4-3-5-9(11)14/h3-7H,1-2H3,(H2,15,19). The van der Waals surface area contributed by atoms with Gasteiger partial charge in [0.1, 0.15) is 16.5 Å². The molecule has 2 rings (SSSR count). The quantitative estimate of drug-likeness (QED) is 0.872. The molecule has 0 radical (unpaired) electrons. The van der Waals surface area contributed by atoms with Crippen molar-refractivity contribution in [3.05, 3.63) is 47.5 Å². The van der Waals surface area contributed by atoms with Crippen molar-refractivity contribution in [3.63, 3.8) is 0 Å². The molecule has 1 aromatic heterocycles. The highest BCUT2D eigenvalue weighted by molar-refractivity contribution is 7.80. The lowest BCUT2D eigenvalue weighted by Gasteiger charge is -2.18. The number of thiocarbonyl (C=S) groups is 1. The Balaban J connectivity index is 2.47. The third-order valence-electron chi connectivity index (χ3n) is 2.61. The molecule has 0 aliphatic heterocycles. The predicted octanol–water partition coefficient (Wildman–Crippen LogP) is 2.33. The number of halogens is 1. The largest absolute Gasteiger partial charge is 0.388 e. The summed E-state index contributed by atoms with van der Waals surface area (Å²) >= 11 is 4.91. The molecule has 0 saturated heterocycles. The number of anilines is 2. The summed E-state index contributed by atoms with van der Waals surface area (Å²) < 4.78 is 13.7. The van der Waals surface area contributed by atoms with Gasteiger partial charge >= 0.3 is 0 Å². The Morgan fingerprint density at radius 2 is 2.00 bits per heavy atom. The third kappa shape index (κ3) is 2.85. The number of nitrogens with two attached hydrogens (primary N) is 1. The maximum atomic E-state index is 13.7. The van der Waals surface area contributed by atoms with E-state index in [1.165, 1.54) is 6.07 Å². The van der Waals surface area contributed by atoms with E-state index in [4.69, 9.17) is 18.0 Å². The SMILES string of the molecule is Cc1cc(C(N)=S)nc(N(C)c2ccccc2F)n1. The summed E-state index contributed by atoms with van der Waals surface area (Å²) in [6.45, 7) is 1.81. The van der Waals surface area contributed by atoms with Crippen LogP contribution in [0.2, 0.25) is 0 Å². The van der Waals surface area contributed by atoms with Crippen LogP contribution in [0.3, 0.4) is 0 Å². The number of benzene rings is 1. The molecule has 0 amide bonds. The van der Waals surface area contributed by atoms with Gasteiger partial charge in [-0.15, -0.1) is 0 Å². The summed E-state index contributed by atoms with van der Waals surface area (Å²) in [6, 6.07) is 8.11. The van der Waals surface area contributed by atoms with Gasteiger partial charge in [-0.05, 0) is 25.1 Å². The van der Waals surface area contributed by atoms with Crippen molar-refractivity contribution < 1.29 is 4.39 Å². The van der Waals surface area contributed by atoms with Crippen molar-refractivity contribution in [2.45, 2.75) is 6.92 Å². The summed E-state index contributed by atoms with van der Waals surface area (Å²) in [5.41, 5.74) is 7.15. The Morgan fingerprint density at radius 1 is 1.32 bits per heavy atom. The summed E-state index contributed by atoms with van der Waals surface area (Å²) in [4.78, 5) is 10.2. The first kappa shape index (κ1) is 13.4. The molecule has 0 bridgehead atoms. The van der Waals surface area contributed by atoms with Gasteiger partial charge in [0.15, 0.2) is 0 Å². The van der Waals surface area contributed by atoms with Crippen LogP contribution in [0.1, 0.15) is 11.4 Å². The molecule has 0 spiro atoms. The average molecular weight is 276 g/mol. The molecule has 19 heavy (non-hydrogen) atoms. The van der Waals surface area contributed by atoms with E-state index in [1.54, 1.807) is 36.2 Å². The Kier molecular flexibility index (Phi) is 3.71. The van der Waals surface area contributed by atoms with Gasteiger partial charge in [0.05, 0.1) is 5.69 Å². The minimum absolute atomic E-state index is 0.189. The van der Waals surface area contributed by atoms with Crippen LogP contribution >= 0.6 is 12.2 Å². The highest BCUT2D eigenvalue weighted by Gasteiger charge is 2.13. The van der Waals surface area contributed by atoms with E-state index in [2.05, 4.69) is 9.97 Å². The van der Waals surface area contributed by atoms with E-state index in [-0.39, 0.29) is 10.8 Å². The molecule has 0 unspecified atom stereocenters. The topological polar surface area (TPSA) is 55.0 Å². The number of hydrogen-bond acceptors (Lipinski definition) is 4. The third-order valence-corrected chi connectivity index (χ3v) is 2.82. The molecule has 0 saturated carbocycles. The molecule has 4 nitrogen and oxygen atoms in total. The van der Waals surface area contributed by atoms with Crippen molar-refractivity contribution in [1.82, 2.24) is 9.97 Å². The highest BCUT2D eigenvalue weighted by atomic mass is 32.1. The molecule has 6 heteroatoms. The summed E-state index contributed by atoms with van der Waals surface area (Å²) in [7, 11) is 1.69. The van der Waals surface area contributed by atoms with E-state index in [0.717, 1.165) is 5.69 Å². The van der Waals surface area contributed by atoms with Gasteiger partial charge in [-0.1, -0.05) is 24.4 Å². The second kappa shape index (κ2) is 5.27. The van der Waals surface area contributed by atoms with Gasteiger partial charge in [-0.25, -0.2) is 14.4 Å². The number of rotatable bonds is 3. The smallest absolute Gasteiger partial charge is 0.230 e. The van der Waals surface area contributed by atoms with Crippen LogP contribution in [0.25, 0.3) is 0 Å². The predicted molar refractivity (Wildman–Crippen MR) is 77.1 cm³/mol. The van der Waals surface area contributed by atoms with Gasteiger partial charge in [0.2, 0.25) is 5.95 Å². The van der Waals surface area contributed by atoms with E-state index in [1.807, 2.05) is 6.92 Å². The number of aryl methyl sites for hydroxylation is 1. The zero-order valence-corrected chi connectivity index (χ0v) is 11.4. The van der Waals surface area contributed by atoms with Gasteiger partial charge in [-0.2, -0.15) is 0 Å². The number of nitrogens with zero attached hydrogens (tertiary/aromatic N) is 3. The Hall–Kier alpha value is -2.08. The van der Waals surface area contributed by atoms with Gasteiger partial charge < -0.3 is 10.6 Å². The van der Waals surface area contributed by atoms with Crippen LogP contribution in [0.4, 0.5) is 16.0 Å². The molecule has 0 atom stereocenters. The normalized spacial score (nSPS) is 10.3. The van der Waals surface area contributed by atoms with Gasteiger partial charge in [0.25, 0.3) is 0 Å². The summed E-state index contributed by atoms with van der Waals surface area (Å²) in [5.74, 6) is 0.0138. The first-order valence-corrected chi connectivity index (χ1v) is 6.03. The van der Waals surface area contributed by atoms with Crippen molar-refractivity contribution >= 4 is 28.8 Å². The molecule has 1 aromatic carbocycles. The molecule has 98 valence electrons. The minimum atomic E-state index is -0.341. The summed E-state index contributed by atoms with van der Waals surface area (Å²) in [6.07, 6.45) is 0. The van der Waals surface area contributed by atoms with Crippen LogP contribution < -0.4 is 10.6 Å². The second-order valence-electron chi connectivity index (χ2n) is 4.07. The maximum absolute atomic E-state index is 13.7. The average Bonchev–Trinajstić information content (AvgIpc) is 2.37. The monoisotopic (exact) mass is 276 g/mol. The molecular formula is C13H13FN4S. The first-order valence-electron chi connectivity index (χ1n) is 5.63.